The lowest BCUT2D eigenvalue weighted by atomic mass is 9.87. The Labute approximate surface area is 188 Å². The molecule has 2 rings (SSSR count). The SMILES string of the molecule is COC(=O)c1cc(OCCCCOc2ccc(C(=O)CC(C)(C)C)c(O)c2C)ccc1F. The molecule has 7 heteroatoms. The number of rotatable bonds is 10. The van der Waals surface area contributed by atoms with E-state index in [1.54, 1.807) is 19.1 Å². The number of hydrogen-bond donors (Lipinski definition) is 1. The molecule has 0 saturated heterocycles. The first-order valence-corrected chi connectivity index (χ1v) is 10.5. The quantitative estimate of drug-likeness (QED) is 0.296. The average molecular weight is 447 g/mol. The van der Waals surface area contributed by atoms with Gasteiger partial charge in [-0.3, -0.25) is 4.79 Å². The highest BCUT2D eigenvalue weighted by Gasteiger charge is 2.21. The van der Waals surface area contributed by atoms with Crippen LogP contribution in [0.3, 0.4) is 0 Å². The van der Waals surface area contributed by atoms with Crippen molar-refractivity contribution in [2.75, 3.05) is 20.3 Å². The normalized spacial score (nSPS) is 11.2. The molecule has 0 heterocycles. The molecule has 2 aromatic carbocycles. The van der Waals surface area contributed by atoms with Gasteiger partial charge in [0.05, 0.1) is 31.5 Å². The molecular formula is C25H31FO6. The molecule has 0 radical (unpaired) electrons. The molecule has 0 amide bonds. The summed E-state index contributed by atoms with van der Waals surface area (Å²) < 4.78 is 29.5. The minimum Gasteiger partial charge on any atom is -0.507 e. The Kier molecular flexibility index (Phi) is 8.63. The van der Waals surface area contributed by atoms with E-state index in [1.807, 2.05) is 20.8 Å². The Morgan fingerprint density at radius 2 is 1.66 bits per heavy atom. The van der Waals surface area contributed by atoms with Crippen LogP contribution < -0.4 is 9.47 Å². The Morgan fingerprint density at radius 3 is 2.28 bits per heavy atom. The van der Waals surface area contributed by atoms with Crippen molar-refractivity contribution >= 4 is 11.8 Å². The number of phenolic OH excluding ortho intramolecular Hbond substituents is 1. The number of carbonyl (C=O) groups excluding carboxylic acids is 2. The summed E-state index contributed by atoms with van der Waals surface area (Å²) >= 11 is 0. The number of ether oxygens (including phenoxy) is 3. The molecule has 0 bridgehead atoms. The number of benzene rings is 2. The highest BCUT2D eigenvalue weighted by Crippen LogP contribution is 2.33. The molecule has 0 atom stereocenters. The van der Waals surface area contributed by atoms with E-state index >= 15 is 0 Å². The van der Waals surface area contributed by atoms with Crippen molar-refractivity contribution in [3.63, 3.8) is 0 Å². The van der Waals surface area contributed by atoms with E-state index in [1.165, 1.54) is 19.2 Å². The van der Waals surface area contributed by atoms with Gasteiger partial charge >= 0.3 is 5.97 Å². The van der Waals surface area contributed by atoms with Gasteiger partial charge in [0, 0.05) is 12.0 Å². The molecule has 0 aliphatic carbocycles. The van der Waals surface area contributed by atoms with Gasteiger partial charge in [0.15, 0.2) is 5.78 Å². The molecule has 0 aliphatic rings. The number of phenols is 1. The van der Waals surface area contributed by atoms with Crippen LogP contribution in [-0.2, 0) is 4.74 Å². The van der Waals surface area contributed by atoms with Crippen LogP contribution in [0, 0.1) is 18.2 Å². The predicted molar refractivity (Wildman–Crippen MR) is 119 cm³/mol. The monoisotopic (exact) mass is 446 g/mol. The number of methoxy groups -OCH3 is 1. The smallest absolute Gasteiger partial charge is 0.340 e. The Hall–Kier alpha value is -3.09. The van der Waals surface area contributed by atoms with Gasteiger partial charge in [-0.05, 0) is 55.5 Å². The lowest BCUT2D eigenvalue weighted by molar-refractivity contribution is 0.0594. The maximum absolute atomic E-state index is 13.7. The van der Waals surface area contributed by atoms with Gasteiger partial charge in [0.25, 0.3) is 0 Å². The highest BCUT2D eigenvalue weighted by molar-refractivity contribution is 5.99. The molecule has 174 valence electrons. The van der Waals surface area contributed by atoms with Crippen molar-refractivity contribution < 1.29 is 33.3 Å². The molecule has 0 fully saturated rings. The van der Waals surface area contributed by atoms with Crippen LogP contribution in [0.25, 0.3) is 0 Å². The Morgan fingerprint density at radius 1 is 1.00 bits per heavy atom. The molecule has 0 aliphatic heterocycles. The largest absolute Gasteiger partial charge is 0.507 e. The summed E-state index contributed by atoms with van der Waals surface area (Å²) in [7, 11) is 1.19. The van der Waals surface area contributed by atoms with Crippen molar-refractivity contribution in [3.8, 4) is 17.2 Å². The van der Waals surface area contributed by atoms with E-state index in [0.717, 1.165) is 6.07 Å². The second kappa shape index (κ2) is 11.0. The fraction of sp³-hybridized carbons (Fsp3) is 0.440. The lowest BCUT2D eigenvalue weighted by Crippen LogP contribution is -2.13. The number of ketones is 1. The van der Waals surface area contributed by atoms with Crippen LogP contribution in [-0.4, -0.2) is 37.2 Å². The fourth-order valence-corrected chi connectivity index (χ4v) is 3.08. The molecular weight excluding hydrogens is 415 g/mol. The summed E-state index contributed by atoms with van der Waals surface area (Å²) in [5.74, 6) is -0.662. The summed E-state index contributed by atoms with van der Waals surface area (Å²) in [5.41, 5.74) is 0.503. The van der Waals surface area contributed by atoms with Gasteiger partial charge < -0.3 is 19.3 Å². The maximum atomic E-state index is 13.7. The number of carbonyl (C=O) groups is 2. The molecule has 6 nitrogen and oxygen atoms in total. The number of hydrogen-bond acceptors (Lipinski definition) is 6. The van der Waals surface area contributed by atoms with Gasteiger partial charge in [-0.25, -0.2) is 9.18 Å². The first-order valence-electron chi connectivity index (χ1n) is 10.5. The van der Waals surface area contributed by atoms with Crippen molar-refractivity contribution in [2.45, 2.75) is 47.0 Å². The topological polar surface area (TPSA) is 82.1 Å². The number of aromatic hydroxyl groups is 1. The van der Waals surface area contributed by atoms with E-state index < -0.39 is 11.8 Å². The van der Waals surface area contributed by atoms with Gasteiger partial charge in [-0.15, -0.1) is 0 Å². The third-order valence-corrected chi connectivity index (χ3v) is 4.78. The second-order valence-electron chi connectivity index (χ2n) is 8.78. The number of unbranched alkanes of at least 4 members (excludes halogenated alkanes) is 1. The molecule has 0 saturated carbocycles. The Bertz CT molecular complexity index is 962. The first-order chi connectivity index (χ1) is 15.0. The molecule has 1 N–H and O–H groups in total. The van der Waals surface area contributed by atoms with Gasteiger partial charge in [-0.2, -0.15) is 0 Å². The van der Waals surface area contributed by atoms with Crippen LogP contribution in [0.15, 0.2) is 30.3 Å². The van der Waals surface area contributed by atoms with Crippen LogP contribution in [0.5, 0.6) is 17.2 Å². The molecule has 0 unspecified atom stereocenters. The number of Topliss-reactive ketones (excluding diaryl/α,β-unsaturated/α-hetero) is 1. The summed E-state index contributed by atoms with van der Waals surface area (Å²) in [5, 5.41) is 10.4. The second-order valence-corrected chi connectivity index (χ2v) is 8.78. The number of halogens is 1. The third-order valence-electron chi connectivity index (χ3n) is 4.78. The minimum absolute atomic E-state index is 0.0437. The summed E-state index contributed by atoms with van der Waals surface area (Å²) in [6, 6.07) is 7.23. The lowest BCUT2D eigenvalue weighted by Gasteiger charge is -2.18. The van der Waals surface area contributed by atoms with Crippen molar-refractivity contribution in [1.29, 1.82) is 0 Å². The molecule has 32 heavy (non-hydrogen) atoms. The van der Waals surface area contributed by atoms with E-state index in [-0.39, 0.29) is 22.5 Å². The van der Waals surface area contributed by atoms with Gasteiger partial charge in [0.1, 0.15) is 23.1 Å². The van der Waals surface area contributed by atoms with Crippen molar-refractivity contribution in [3.05, 3.63) is 52.8 Å². The van der Waals surface area contributed by atoms with Crippen molar-refractivity contribution in [1.82, 2.24) is 0 Å². The standard InChI is InChI=1S/C25H31FO6/c1-16-22(11-9-18(23(16)28)21(27)15-25(2,3)4)32-13-7-6-12-31-17-8-10-20(26)19(14-17)24(29)30-5/h8-11,14,28H,6-7,12-13,15H2,1-5H3. The zero-order valence-corrected chi connectivity index (χ0v) is 19.3. The average Bonchev–Trinajstić information content (AvgIpc) is 2.72. The maximum Gasteiger partial charge on any atom is 0.340 e. The van der Waals surface area contributed by atoms with E-state index in [0.29, 0.717) is 55.1 Å². The third kappa shape index (κ3) is 6.97. The van der Waals surface area contributed by atoms with Crippen LogP contribution in [0.2, 0.25) is 0 Å². The van der Waals surface area contributed by atoms with Gasteiger partial charge in [0.2, 0.25) is 0 Å². The molecule has 0 aromatic heterocycles. The van der Waals surface area contributed by atoms with Crippen molar-refractivity contribution in [2.24, 2.45) is 5.41 Å². The van der Waals surface area contributed by atoms with E-state index in [9.17, 15) is 19.1 Å². The molecule has 2 aromatic rings. The first kappa shape index (κ1) is 25.2. The summed E-state index contributed by atoms with van der Waals surface area (Å²) in [6.45, 7) is 8.41. The van der Waals surface area contributed by atoms with Crippen LogP contribution in [0.1, 0.15) is 66.3 Å². The Balaban J connectivity index is 1.83. The zero-order chi connectivity index (χ0) is 23.9. The summed E-state index contributed by atoms with van der Waals surface area (Å²) in [6.07, 6.45) is 1.68. The van der Waals surface area contributed by atoms with E-state index in [2.05, 4.69) is 4.74 Å². The van der Waals surface area contributed by atoms with Gasteiger partial charge in [-0.1, -0.05) is 20.8 Å². The van der Waals surface area contributed by atoms with Crippen LogP contribution in [0.4, 0.5) is 4.39 Å². The van der Waals surface area contributed by atoms with E-state index in [4.69, 9.17) is 9.47 Å². The minimum atomic E-state index is -0.758. The zero-order valence-electron chi connectivity index (χ0n) is 19.3. The highest BCUT2D eigenvalue weighted by atomic mass is 19.1. The van der Waals surface area contributed by atoms with Crippen LogP contribution >= 0.6 is 0 Å². The number of esters is 1. The molecule has 0 spiro atoms. The predicted octanol–water partition coefficient (Wildman–Crippen LogP) is 5.48. The summed E-state index contributed by atoms with van der Waals surface area (Å²) in [4.78, 5) is 24.0. The fourth-order valence-electron chi connectivity index (χ4n) is 3.08.